The summed E-state index contributed by atoms with van der Waals surface area (Å²) >= 11 is 8.04. The monoisotopic (exact) mass is 551 g/mol. The molecule has 2 saturated heterocycles. The van der Waals surface area contributed by atoms with Crippen LogP contribution in [0, 0.1) is 17.3 Å². The molecule has 2 atom stereocenters. The zero-order chi connectivity index (χ0) is 26.4. The van der Waals surface area contributed by atoms with E-state index in [1.807, 2.05) is 36.6 Å². The zero-order valence-corrected chi connectivity index (χ0v) is 22.7. The predicted molar refractivity (Wildman–Crippen MR) is 146 cm³/mol. The predicted octanol–water partition coefficient (Wildman–Crippen LogP) is 5.20. The summed E-state index contributed by atoms with van der Waals surface area (Å²) in [5, 5.41) is 3.78. The van der Waals surface area contributed by atoms with Crippen LogP contribution < -0.4 is 5.32 Å². The van der Waals surface area contributed by atoms with Crippen LogP contribution in [0.4, 0.5) is 4.39 Å². The Bertz CT molecular complexity index is 1610. The lowest BCUT2D eigenvalue weighted by molar-refractivity contribution is -0.143. The van der Waals surface area contributed by atoms with Gasteiger partial charge in [0.15, 0.2) is 0 Å². The lowest BCUT2D eigenvalue weighted by Crippen LogP contribution is -2.41. The second kappa shape index (κ2) is 8.31. The van der Waals surface area contributed by atoms with Gasteiger partial charge in [0.2, 0.25) is 11.8 Å². The topological polar surface area (TPSA) is 80.1 Å². The normalized spacial score (nSPS) is 23.9. The molecular weight excluding hydrogens is 525 g/mol. The molecule has 7 nitrogen and oxygen atoms in total. The van der Waals surface area contributed by atoms with Crippen LogP contribution in [0.3, 0.4) is 0 Å². The molecule has 38 heavy (non-hydrogen) atoms. The highest BCUT2D eigenvalue weighted by Crippen LogP contribution is 2.63. The van der Waals surface area contributed by atoms with Gasteiger partial charge in [-0.05, 0) is 55.6 Å². The highest BCUT2D eigenvalue weighted by atomic mass is 35.5. The number of aromatic nitrogens is 3. The Morgan fingerprint density at radius 1 is 1.08 bits per heavy atom. The van der Waals surface area contributed by atoms with Crippen molar-refractivity contribution >= 4 is 56.0 Å². The summed E-state index contributed by atoms with van der Waals surface area (Å²) in [6, 6.07) is 7.58. The van der Waals surface area contributed by atoms with E-state index in [1.54, 1.807) is 18.6 Å². The largest absolute Gasteiger partial charge is 0.327 e. The van der Waals surface area contributed by atoms with E-state index in [1.165, 1.54) is 16.2 Å². The number of halogens is 2. The van der Waals surface area contributed by atoms with Crippen LogP contribution in [0.5, 0.6) is 0 Å². The van der Waals surface area contributed by atoms with Crippen molar-refractivity contribution in [2.24, 2.45) is 17.3 Å². The van der Waals surface area contributed by atoms with Gasteiger partial charge in [-0.1, -0.05) is 25.4 Å². The van der Waals surface area contributed by atoms with Crippen LogP contribution in [0.2, 0.25) is 5.02 Å². The fraction of sp³-hybridized carbons (Fsp3) is 0.429. The first-order valence-corrected chi connectivity index (χ1v) is 14.1. The molecule has 2 unspecified atom stereocenters. The second-order valence-electron chi connectivity index (χ2n) is 11.4. The van der Waals surface area contributed by atoms with Gasteiger partial charge in [-0.3, -0.25) is 19.5 Å². The Kier molecular flexibility index (Phi) is 5.29. The SMILES string of the molecule is CC1(C)C2C(=O)N(Cc3cc4nccc(-c5cc(Cl)cc6ncn(CC7(F)CCNCC7)c56)c4s3)C(=O)C21. The number of alkyl halides is 1. The van der Waals surface area contributed by atoms with Gasteiger partial charge in [0.1, 0.15) is 5.67 Å². The molecule has 5 heterocycles. The van der Waals surface area contributed by atoms with E-state index in [0.29, 0.717) is 36.5 Å². The molecule has 0 spiro atoms. The Morgan fingerprint density at radius 2 is 1.82 bits per heavy atom. The third kappa shape index (κ3) is 3.62. The first kappa shape index (κ1) is 24.2. The number of likely N-dealkylation sites (tertiary alicyclic amines) is 1. The van der Waals surface area contributed by atoms with Gasteiger partial charge in [0.05, 0.1) is 52.5 Å². The number of amides is 2. The minimum absolute atomic E-state index is 0.0749. The molecule has 1 N–H and O–H groups in total. The number of benzene rings is 1. The molecule has 2 aliphatic heterocycles. The number of pyridine rings is 1. The molecule has 0 bridgehead atoms. The van der Waals surface area contributed by atoms with Crippen LogP contribution in [0.25, 0.3) is 32.4 Å². The lowest BCUT2D eigenvalue weighted by Gasteiger charge is -2.30. The minimum Gasteiger partial charge on any atom is -0.327 e. The Balaban J connectivity index is 1.28. The molecule has 2 amide bonds. The number of imidazole rings is 1. The van der Waals surface area contributed by atoms with Gasteiger partial charge in [0.25, 0.3) is 0 Å². The smallest absolute Gasteiger partial charge is 0.234 e. The molecular formula is C28H27ClFN5O2S. The molecule has 3 aliphatic rings. The summed E-state index contributed by atoms with van der Waals surface area (Å²) in [6.45, 7) is 5.76. The third-order valence-corrected chi connectivity index (χ3v) is 9.95. The number of hydrogen-bond acceptors (Lipinski definition) is 6. The van der Waals surface area contributed by atoms with E-state index in [9.17, 15) is 9.59 Å². The van der Waals surface area contributed by atoms with Crippen molar-refractivity contribution in [3.05, 3.63) is 46.7 Å². The summed E-state index contributed by atoms with van der Waals surface area (Å²) in [5.74, 6) is -0.544. The molecule has 196 valence electrons. The number of nitrogens with zero attached hydrogens (tertiary/aromatic N) is 4. The highest BCUT2D eigenvalue weighted by Gasteiger charge is 2.72. The number of hydrogen-bond donors (Lipinski definition) is 1. The standard InChI is InChI=1S/C28H27ClFN5O2S/c1-27(2)21-22(27)26(37)35(25(21)36)12-16-11-20-24(38-16)17(3-6-32-20)18-9-15(29)10-19-23(18)34(14-33-19)13-28(30)4-7-31-8-5-28/h3,6,9-11,14,21-22,31H,4-5,7-8,12-13H2,1-2H3. The van der Waals surface area contributed by atoms with Gasteiger partial charge in [-0.25, -0.2) is 9.37 Å². The van der Waals surface area contributed by atoms with Gasteiger partial charge in [-0.15, -0.1) is 11.3 Å². The molecule has 0 radical (unpaired) electrons. The number of thiophene rings is 1. The summed E-state index contributed by atoms with van der Waals surface area (Å²) in [5.41, 5.74) is 2.57. The summed E-state index contributed by atoms with van der Waals surface area (Å²) in [6.07, 6.45) is 4.35. The van der Waals surface area contributed by atoms with Crippen LogP contribution in [-0.4, -0.2) is 50.0 Å². The highest BCUT2D eigenvalue weighted by molar-refractivity contribution is 7.19. The molecule has 3 fully saturated rings. The molecule has 7 rings (SSSR count). The number of piperidine rings is 2. The maximum absolute atomic E-state index is 15.7. The van der Waals surface area contributed by atoms with Crippen LogP contribution in [-0.2, 0) is 22.7 Å². The van der Waals surface area contributed by atoms with Crippen LogP contribution in [0.1, 0.15) is 31.6 Å². The molecule has 1 aromatic carbocycles. The number of carbonyl (C=O) groups is 2. The maximum atomic E-state index is 15.7. The Labute approximate surface area is 228 Å². The van der Waals surface area contributed by atoms with E-state index in [-0.39, 0.29) is 42.2 Å². The Morgan fingerprint density at radius 3 is 2.55 bits per heavy atom. The number of imide groups is 1. The van der Waals surface area contributed by atoms with Crippen molar-refractivity contribution in [1.29, 1.82) is 0 Å². The first-order valence-electron chi connectivity index (χ1n) is 12.9. The molecule has 1 aliphatic carbocycles. The van der Waals surface area contributed by atoms with E-state index in [2.05, 4.69) is 15.3 Å². The van der Waals surface area contributed by atoms with Gasteiger partial charge in [0, 0.05) is 27.2 Å². The van der Waals surface area contributed by atoms with Crippen molar-refractivity contribution in [3.8, 4) is 11.1 Å². The third-order valence-electron chi connectivity index (χ3n) is 8.59. The molecule has 4 aromatic rings. The average Bonchev–Trinajstić information content (AvgIpc) is 3.22. The average molecular weight is 552 g/mol. The van der Waals surface area contributed by atoms with Crippen LogP contribution >= 0.6 is 22.9 Å². The fourth-order valence-corrected chi connectivity index (χ4v) is 7.77. The van der Waals surface area contributed by atoms with Crippen molar-refractivity contribution in [2.45, 2.75) is 45.4 Å². The number of rotatable bonds is 5. The van der Waals surface area contributed by atoms with E-state index in [0.717, 1.165) is 31.7 Å². The van der Waals surface area contributed by atoms with Crippen molar-refractivity contribution in [3.63, 3.8) is 0 Å². The maximum Gasteiger partial charge on any atom is 0.234 e. The summed E-state index contributed by atoms with van der Waals surface area (Å²) in [7, 11) is 0. The molecule has 1 saturated carbocycles. The number of fused-ring (bicyclic) bond motifs is 3. The van der Waals surface area contributed by atoms with E-state index in [4.69, 9.17) is 11.6 Å². The fourth-order valence-electron chi connectivity index (χ4n) is 6.43. The second-order valence-corrected chi connectivity index (χ2v) is 13.0. The van der Waals surface area contributed by atoms with E-state index < -0.39 is 5.67 Å². The zero-order valence-electron chi connectivity index (χ0n) is 21.1. The van der Waals surface area contributed by atoms with Gasteiger partial charge < -0.3 is 9.88 Å². The van der Waals surface area contributed by atoms with Crippen molar-refractivity contribution in [1.82, 2.24) is 24.8 Å². The lowest BCUT2D eigenvalue weighted by atomic mass is 9.94. The van der Waals surface area contributed by atoms with Gasteiger partial charge >= 0.3 is 0 Å². The minimum atomic E-state index is -1.30. The number of nitrogens with one attached hydrogen (secondary N) is 1. The quantitative estimate of drug-likeness (QED) is 0.345. The van der Waals surface area contributed by atoms with Crippen molar-refractivity contribution < 1.29 is 14.0 Å². The van der Waals surface area contributed by atoms with Crippen LogP contribution in [0.15, 0.2) is 36.8 Å². The Hall–Kier alpha value is -2.88. The molecule has 3 aromatic heterocycles. The summed E-state index contributed by atoms with van der Waals surface area (Å²) in [4.78, 5) is 37.2. The molecule has 10 heteroatoms. The summed E-state index contributed by atoms with van der Waals surface area (Å²) < 4.78 is 18.5. The van der Waals surface area contributed by atoms with Crippen molar-refractivity contribution in [2.75, 3.05) is 13.1 Å². The van der Waals surface area contributed by atoms with E-state index >= 15 is 4.39 Å². The van der Waals surface area contributed by atoms with Gasteiger partial charge in [-0.2, -0.15) is 0 Å². The first-order chi connectivity index (χ1) is 18.2. The number of carbonyl (C=O) groups excluding carboxylic acids is 2.